The number of amides is 1. The number of nitrogens with zero attached hydrogens (tertiary/aromatic N) is 4. The van der Waals surface area contributed by atoms with Gasteiger partial charge in [-0.2, -0.15) is 0 Å². The van der Waals surface area contributed by atoms with Gasteiger partial charge in [-0.1, -0.05) is 18.2 Å². The van der Waals surface area contributed by atoms with Crippen LogP contribution in [0.15, 0.2) is 29.8 Å². The highest BCUT2D eigenvalue weighted by Gasteiger charge is 2.30. The highest BCUT2D eigenvalue weighted by atomic mass is 32.1. The van der Waals surface area contributed by atoms with Crippen LogP contribution < -0.4 is 4.90 Å². The van der Waals surface area contributed by atoms with Gasteiger partial charge in [-0.15, -0.1) is 11.3 Å². The summed E-state index contributed by atoms with van der Waals surface area (Å²) in [6.07, 6.45) is 3.76. The lowest BCUT2D eigenvalue weighted by atomic mass is 10.0. The minimum absolute atomic E-state index is 0.307. The Morgan fingerprint density at radius 1 is 1.14 bits per heavy atom. The summed E-state index contributed by atoms with van der Waals surface area (Å²) in [5.74, 6) is 0.307. The number of piperidine rings is 1. The smallest absolute Gasteiger partial charge is 0.222 e. The van der Waals surface area contributed by atoms with Crippen molar-refractivity contribution in [1.82, 2.24) is 14.8 Å². The first-order valence-electron chi connectivity index (χ1n) is 10.8. The van der Waals surface area contributed by atoms with Crippen molar-refractivity contribution in [1.29, 1.82) is 0 Å². The van der Waals surface area contributed by atoms with E-state index in [1.54, 1.807) is 11.3 Å². The molecule has 5 nitrogen and oxygen atoms in total. The van der Waals surface area contributed by atoms with Crippen molar-refractivity contribution < 1.29 is 4.79 Å². The van der Waals surface area contributed by atoms with Crippen LogP contribution in [-0.4, -0.2) is 66.0 Å². The SMILES string of the molecule is Cc1ccccc1N1CCN(C2CCCN(C(=O)CCc3scnc3C)C2)CC1. The fraction of sp³-hybridized carbons (Fsp3) is 0.565. The third kappa shape index (κ3) is 4.81. The summed E-state index contributed by atoms with van der Waals surface area (Å²) in [6.45, 7) is 10.3. The lowest BCUT2D eigenvalue weighted by molar-refractivity contribution is -0.133. The molecule has 2 fully saturated rings. The van der Waals surface area contributed by atoms with E-state index in [4.69, 9.17) is 0 Å². The summed E-state index contributed by atoms with van der Waals surface area (Å²) in [7, 11) is 0. The van der Waals surface area contributed by atoms with E-state index < -0.39 is 0 Å². The highest BCUT2D eigenvalue weighted by Crippen LogP contribution is 2.24. The van der Waals surface area contributed by atoms with Crippen LogP contribution in [0.4, 0.5) is 5.69 Å². The Morgan fingerprint density at radius 2 is 1.93 bits per heavy atom. The number of anilines is 1. The molecule has 0 spiro atoms. The number of carbonyl (C=O) groups excluding carboxylic acids is 1. The van der Waals surface area contributed by atoms with Crippen LogP contribution in [0.3, 0.4) is 0 Å². The minimum atomic E-state index is 0.307. The van der Waals surface area contributed by atoms with Gasteiger partial charge in [0, 0.05) is 62.3 Å². The standard InChI is InChI=1S/C23H32N4OS/c1-18-6-3-4-8-21(18)26-14-12-25(13-15-26)20-7-5-11-27(16-20)23(28)10-9-22-19(2)24-17-29-22/h3-4,6,8,17,20H,5,7,9-16H2,1-2H3. The number of rotatable bonds is 5. The maximum atomic E-state index is 12.8. The summed E-state index contributed by atoms with van der Waals surface area (Å²) in [5, 5.41) is 0. The molecule has 1 amide bonds. The monoisotopic (exact) mass is 412 g/mol. The number of hydrogen-bond acceptors (Lipinski definition) is 5. The molecule has 2 aliphatic heterocycles. The van der Waals surface area contributed by atoms with Crippen molar-refractivity contribution in [2.24, 2.45) is 0 Å². The zero-order valence-corrected chi connectivity index (χ0v) is 18.5. The number of aromatic nitrogens is 1. The normalized spacial score (nSPS) is 20.8. The molecule has 0 bridgehead atoms. The summed E-state index contributed by atoms with van der Waals surface area (Å²) in [5.41, 5.74) is 5.67. The first-order chi connectivity index (χ1) is 14.1. The molecule has 0 radical (unpaired) electrons. The van der Waals surface area contributed by atoms with Crippen molar-refractivity contribution in [3.05, 3.63) is 45.9 Å². The topological polar surface area (TPSA) is 39.7 Å². The third-order valence-electron chi connectivity index (χ3n) is 6.45. The maximum absolute atomic E-state index is 12.8. The average molecular weight is 413 g/mol. The molecule has 2 aromatic rings. The van der Waals surface area contributed by atoms with Crippen molar-refractivity contribution >= 4 is 22.9 Å². The van der Waals surface area contributed by atoms with E-state index in [0.29, 0.717) is 18.4 Å². The number of aryl methyl sites for hydroxylation is 3. The molecule has 1 aromatic carbocycles. The van der Waals surface area contributed by atoms with E-state index >= 15 is 0 Å². The lowest BCUT2D eigenvalue weighted by Crippen LogP contribution is -2.56. The largest absolute Gasteiger partial charge is 0.369 e. The Hall–Kier alpha value is -1.92. The molecular weight excluding hydrogens is 380 g/mol. The van der Waals surface area contributed by atoms with Gasteiger partial charge in [0.15, 0.2) is 0 Å². The molecule has 0 N–H and O–H groups in total. The van der Waals surface area contributed by atoms with Crippen LogP contribution in [0.25, 0.3) is 0 Å². The number of likely N-dealkylation sites (tertiary alicyclic amines) is 1. The summed E-state index contributed by atoms with van der Waals surface area (Å²) in [6, 6.07) is 9.18. The van der Waals surface area contributed by atoms with Crippen molar-refractivity contribution in [3.8, 4) is 0 Å². The van der Waals surface area contributed by atoms with E-state index in [1.807, 2.05) is 12.4 Å². The van der Waals surface area contributed by atoms with E-state index in [0.717, 1.165) is 57.8 Å². The second-order valence-electron chi connectivity index (χ2n) is 8.31. The van der Waals surface area contributed by atoms with E-state index in [1.165, 1.54) is 22.5 Å². The first kappa shape index (κ1) is 20.4. The van der Waals surface area contributed by atoms with Crippen LogP contribution in [0.5, 0.6) is 0 Å². The Balaban J connectivity index is 1.28. The Morgan fingerprint density at radius 3 is 2.66 bits per heavy atom. The fourth-order valence-corrected chi connectivity index (χ4v) is 5.45. The maximum Gasteiger partial charge on any atom is 0.222 e. The number of piperazine rings is 1. The second-order valence-corrected chi connectivity index (χ2v) is 9.25. The zero-order valence-electron chi connectivity index (χ0n) is 17.6. The number of carbonyl (C=O) groups is 1. The summed E-state index contributed by atoms with van der Waals surface area (Å²) >= 11 is 1.67. The molecule has 0 aliphatic carbocycles. The molecule has 0 saturated carbocycles. The Kier molecular flexibility index (Phi) is 6.50. The van der Waals surface area contributed by atoms with Gasteiger partial charge in [-0.25, -0.2) is 4.98 Å². The predicted octanol–water partition coefficient (Wildman–Crippen LogP) is 3.51. The van der Waals surface area contributed by atoms with Crippen LogP contribution in [0.2, 0.25) is 0 Å². The molecule has 2 saturated heterocycles. The van der Waals surface area contributed by atoms with Crippen molar-refractivity contribution in [2.75, 3.05) is 44.2 Å². The molecule has 6 heteroatoms. The number of hydrogen-bond donors (Lipinski definition) is 0. The van der Waals surface area contributed by atoms with Gasteiger partial charge in [-0.3, -0.25) is 9.69 Å². The predicted molar refractivity (Wildman–Crippen MR) is 120 cm³/mol. The van der Waals surface area contributed by atoms with Gasteiger partial charge in [-0.05, 0) is 44.7 Å². The van der Waals surface area contributed by atoms with Crippen LogP contribution in [0, 0.1) is 13.8 Å². The molecule has 1 atom stereocenters. The molecular formula is C23H32N4OS. The molecule has 3 heterocycles. The quantitative estimate of drug-likeness (QED) is 0.754. The summed E-state index contributed by atoms with van der Waals surface area (Å²) < 4.78 is 0. The van der Waals surface area contributed by atoms with Gasteiger partial charge in [0.2, 0.25) is 5.91 Å². The molecule has 1 unspecified atom stereocenters. The number of para-hydroxylation sites is 1. The van der Waals surface area contributed by atoms with Gasteiger partial charge in [0.05, 0.1) is 11.2 Å². The van der Waals surface area contributed by atoms with Gasteiger partial charge in [0.1, 0.15) is 0 Å². The first-order valence-corrected chi connectivity index (χ1v) is 11.7. The molecule has 2 aliphatic rings. The lowest BCUT2D eigenvalue weighted by Gasteiger charge is -2.44. The fourth-order valence-electron chi connectivity index (χ4n) is 4.67. The van der Waals surface area contributed by atoms with E-state index in [-0.39, 0.29) is 0 Å². The number of benzene rings is 1. The van der Waals surface area contributed by atoms with Gasteiger partial charge >= 0.3 is 0 Å². The highest BCUT2D eigenvalue weighted by molar-refractivity contribution is 7.09. The van der Waals surface area contributed by atoms with Crippen molar-refractivity contribution in [3.63, 3.8) is 0 Å². The molecule has 29 heavy (non-hydrogen) atoms. The van der Waals surface area contributed by atoms with Gasteiger partial charge in [0.25, 0.3) is 0 Å². The average Bonchev–Trinajstić information content (AvgIpc) is 3.17. The van der Waals surface area contributed by atoms with Crippen LogP contribution in [-0.2, 0) is 11.2 Å². The van der Waals surface area contributed by atoms with E-state index in [9.17, 15) is 4.79 Å². The Labute approximate surface area is 178 Å². The third-order valence-corrected chi connectivity index (χ3v) is 7.44. The van der Waals surface area contributed by atoms with Crippen molar-refractivity contribution in [2.45, 2.75) is 45.6 Å². The molecule has 1 aromatic heterocycles. The van der Waals surface area contributed by atoms with Gasteiger partial charge < -0.3 is 9.80 Å². The summed E-state index contributed by atoms with van der Waals surface area (Å²) in [4.78, 5) is 25.6. The second kappa shape index (κ2) is 9.26. The van der Waals surface area contributed by atoms with Crippen LogP contribution in [0.1, 0.15) is 35.4 Å². The van der Waals surface area contributed by atoms with Crippen LogP contribution >= 0.6 is 11.3 Å². The van der Waals surface area contributed by atoms with E-state index in [2.05, 4.69) is 50.9 Å². The molecule has 156 valence electrons. The number of thiazole rings is 1. The Bertz CT molecular complexity index is 828. The zero-order chi connectivity index (χ0) is 20.2. The molecule has 4 rings (SSSR count). The minimum Gasteiger partial charge on any atom is -0.369 e.